The Morgan fingerprint density at radius 2 is 1.78 bits per heavy atom. The first-order valence-electron chi connectivity index (χ1n) is 11.2. The highest BCUT2D eigenvalue weighted by atomic mass is 16.6. The average molecular weight is 450 g/mol. The van der Waals surface area contributed by atoms with Gasteiger partial charge in [0.2, 0.25) is 11.8 Å². The number of carbonyl (C=O) groups excluding carboxylic acids is 3. The van der Waals surface area contributed by atoms with Crippen molar-refractivity contribution in [2.45, 2.75) is 78.5 Å². The van der Waals surface area contributed by atoms with E-state index in [9.17, 15) is 19.5 Å². The Balaban J connectivity index is 3.24. The number of amides is 3. The molecule has 1 rings (SSSR count). The van der Waals surface area contributed by atoms with Crippen molar-refractivity contribution in [2.75, 3.05) is 13.6 Å². The normalized spacial score (nSPS) is 14.1. The van der Waals surface area contributed by atoms with E-state index in [-0.39, 0.29) is 11.7 Å². The lowest BCUT2D eigenvalue weighted by molar-refractivity contribution is -0.141. The lowest BCUT2D eigenvalue weighted by Crippen LogP contribution is -2.54. The van der Waals surface area contributed by atoms with Gasteiger partial charge in [-0.05, 0) is 39.2 Å². The van der Waals surface area contributed by atoms with E-state index < -0.39 is 35.6 Å². The van der Waals surface area contributed by atoms with Crippen LogP contribution in [0.25, 0.3) is 0 Å². The maximum Gasteiger partial charge on any atom is 0.408 e. The number of carbonyl (C=O) groups is 3. The van der Waals surface area contributed by atoms with Crippen LogP contribution in [0, 0.1) is 5.92 Å². The van der Waals surface area contributed by atoms with Gasteiger partial charge in [-0.25, -0.2) is 4.79 Å². The number of hydrogen-bond acceptors (Lipinski definition) is 5. The van der Waals surface area contributed by atoms with E-state index in [2.05, 4.69) is 10.6 Å². The number of benzene rings is 1. The number of nitrogens with zero attached hydrogens (tertiary/aromatic N) is 1. The zero-order chi connectivity index (χ0) is 24.5. The number of nitrogens with one attached hydrogen (secondary N) is 2. The second-order valence-corrected chi connectivity index (χ2v) is 9.06. The van der Waals surface area contributed by atoms with Crippen LogP contribution in [0.5, 0.6) is 5.75 Å². The Morgan fingerprint density at radius 1 is 1.16 bits per heavy atom. The number of phenols is 1. The van der Waals surface area contributed by atoms with Crippen LogP contribution in [0.2, 0.25) is 0 Å². The summed E-state index contributed by atoms with van der Waals surface area (Å²) < 4.78 is 5.33. The molecule has 0 aromatic heterocycles. The summed E-state index contributed by atoms with van der Waals surface area (Å²) in [5.41, 5.74) is -0.395. The van der Waals surface area contributed by atoms with Gasteiger partial charge in [0, 0.05) is 19.2 Å². The molecule has 0 heterocycles. The molecule has 0 fully saturated rings. The van der Waals surface area contributed by atoms with E-state index in [1.165, 1.54) is 18.0 Å². The number of hydrogen-bond donors (Lipinski definition) is 3. The van der Waals surface area contributed by atoms with E-state index in [1.54, 1.807) is 39.0 Å². The minimum absolute atomic E-state index is 0.0806. The smallest absolute Gasteiger partial charge is 0.408 e. The minimum Gasteiger partial charge on any atom is -0.508 e. The van der Waals surface area contributed by atoms with Crippen molar-refractivity contribution in [3.05, 3.63) is 29.8 Å². The summed E-state index contributed by atoms with van der Waals surface area (Å²) in [6.07, 6.45) is 1.64. The first-order chi connectivity index (χ1) is 14.9. The van der Waals surface area contributed by atoms with E-state index in [0.29, 0.717) is 18.5 Å². The number of likely N-dealkylation sites (N-methyl/N-ethyl adjacent to an activating group) is 1. The van der Waals surface area contributed by atoms with Crippen LogP contribution >= 0.6 is 0 Å². The third kappa shape index (κ3) is 8.05. The lowest BCUT2D eigenvalue weighted by atomic mass is 9.96. The number of para-hydroxylation sites is 1. The molecule has 0 spiro atoms. The zero-order valence-electron chi connectivity index (χ0n) is 20.4. The van der Waals surface area contributed by atoms with Gasteiger partial charge in [-0.2, -0.15) is 0 Å². The second-order valence-electron chi connectivity index (χ2n) is 9.06. The SMILES string of the molecule is CCCCNC(=O)C(c1ccccc1O)N(C)C(=O)C(NC(=O)OC(C)(C)C)C(C)CC. The highest BCUT2D eigenvalue weighted by Crippen LogP contribution is 2.29. The molecule has 3 N–H and O–H groups in total. The van der Waals surface area contributed by atoms with Crippen molar-refractivity contribution in [3.63, 3.8) is 0 Å². The molecule has 32 heavy (non-hydrogen) atoms. The molecule has 0 saturated heterocycles. The van der Waals surface area contributed by atoms with Gasteiger partial charge in [-0.15, -0.1) is 0 Å². The number of rotatable bonds is 10. The summed E-state index contributed by atoms with van der Waals surface area (Å²) >= 11 is 0. The van der Waals surface area contributed by atoms with E-state index in [1.807, 2.05) is 20.8 Å². The van der Waals surface area contributed by atoms with E-state index in [0.717, 1.165) is 12.8 Å². The monoisotopic (exact) mass is 449 g/mol. The molecule has 0 aliphatic heterocycles. The topological polar surface area (TPSA) is 108 Å². The minimum atomic E-state index is -1.05. The molecule has 3 atom stereocenters. The summed E-state index contributed by atoms with van der Waals surface area (Å²) in [6.45, 7) is 11.5. The Labute approximate surface area is 191 Å². The molecule has 8 heteroatoms. The fraction of sp³-hybridized carbons (Fsp3) is 0.625. The van der Waals surface area contributed by atoms with Crippen molar-refractivity contribution in [2.24, 2.45) is 5.92 Å². The molecule has 3 unspecified atom stereocenters. The fourth-order valence-corrected chi connectivity index (χ4v) is 3.19. The summed E-state index contributed by atoms with van der Waals surface area (Å²) in [5.74, 6) is -1.12. The third-order valence-corrected chi connectivity index (χ3v) is 5.20. The Kier molecular flexibility index (Phi) is 10.5. The Morgan fingerprint density at radius 3 is 2.31 bits per heavy atom. The third-order valence-electron chi connectivity index (χ3n) is 5.20. The van der Waals surface area contributed by atoms with E-state index in [4.69, 9.17) is 4.74 Å². The van der Waals surface area contributed by atoms with Gasteiger partial charge < -0.3 is 25.4 Å². The molecule has 0 bridgehead atoms. The Bertz CT molecular complexity index is 775. The van der Waals surface area contributed by atoms with Crippen LogP contribution in [0.1, 0.15) is 72.4 Å². The second kappa shape index (κ2) is 12.3. The molecule has 1 aromatic rings. The molecular formula is C24H39N3O5. The summed E-state index contributed by atoms with van der Waals surface area (Å²) in [6, 6.07) is 4.50. The van der Waals surface area contributed by atoms with Crippen LogP contribution in [0.3, 0.4) is 0 Å². The maximum atomic E-state index is 13.5. The fourth-order valence-electron chi connectivity index (χ4n) is 3.19. The number of aromatic hydroxyl groups is 1. The van der Waals surface area contributed by atoms with Gasteiger partial charge in [-0.1, -0.05) is 51.8 Å². The van der Waals surface area contributed by atoms with Crippen molar-refractivity contribution < 1.29 is 24.2 Å². The molecule has 8 nitrogen and oxygen atoms in total. The molecule has 3 amide bonds. The van der Waals surface area contributed by atoms with Gasteiger partial charge in [0.25, 0.3) is 0 Å². The predicted octanol–water partition coefficient (Wildman–Crippen LogP) is 3.75. The average Bonchev–Trinajstić information content (AvgIpc) is 2.71. The molecule has 0 radical (unpaired) electrons. The molecule has 0 saturated carbocycles. The number of alkyl carbamates (subject to hydrolysis) is 1. The molecule has 1 aromatic carbocycles. The van der Waals surface area contributed by atoms with Crippen molar-refractivity contribution in [1.82, 2.24) is 15.5 Å². The molecule has 0 aliphatic carbocycles. The first kappa shape index (κ1) is 27.3. The van der Waals surface area contributed by atoms with Crippen LogP contribution in [-0.4, -0.2) is 53.1 Å². The van der Waals surface area contributed by atoms with Gasteiger partial charge >= 0.3 is 6.09 Å². The van der Waals surface area contributed by atoms with Crippen LogP contribution in [0.4, 0.5) is 4.79 Å². The molecule has 0 aliphatic rings. The predicted molar refractivity (Wildman–Crippen MR) is 124 cm³/mol. The quantitative estimate of drug-likeness (QED) is 0.472. The number of unbranched alkanes of at least 4 members (excludes halogenated alkanes) is 1. The summed E-state index contributed by atoms with van der Waals surface area (Å²) in [4.78, 5) is 40.2. The molecular weight excluding hydrogens is 410 g/mol. The van der Waals surface area contributed by atoms with Crippen molar-refractivity contribution in [3.8, 4) is 5.75 Å². The van der Waals surface area contributed by atoms with Gasteiger partial charge in [0.05, 0.1) is 0 Å². The number of phenolic OH excluding ortho intramolecular Hbond substituents is 1. The Hall–Kier alpha value is -2.77. The zero-order valence-corrected chi connectivity index (χ0v) is 20.4. The highest BCUT2D eigenvalue weighted by Gasteiger charge is 2.36. The van der Waals surface area contributed by atoms with Crippen LogP contribution < -0.4 is 10.6 Å². The van der Waals surface area contributed by atoms with Crippen molar-refractivity contribution in [1.29, 1.82) is 0 Å². The number of ether oxygens (including phenoxy) is 1. The van der Waals surface area contributed by atoms with Gasteiger partial charge in [-0.3, -0.25) is 9.59 Å². The van der Waals surface area contributed by atoms with Crippen molar-refractivity contribution >= 4 is 17.9 Å². The standard InChI is InChI=1S/C24H39N3O5/c1-8-10-15-25-21(29)20(17-13-11-12-14-18(17)28)27(7)22(30)19(16(3)9-2)26-23(31)32-24(4,5)6/h11-14,16,19-20,28H,8-10,15H2,1-7H3,(H,25,29)(H,26,31). The van der Waals surface area contributed by atoms with E-state index >= 15 is 0 Å². The molecule has 180 valence electrons. The summed E-state index contributed by atoms with van der Waals surface area (Å²) in [5, 5.41) is 15.9. The lowest BCUT2D eigenvalue weighted by Gasteiger charge is -2.33. The van der Waals surface area contributed by atoms with Crippen LogP contribution in [-0.2, 0) is 14.3 Å². The maximum absolute atomic E-state index is 13.5. The van der Waals surface area contributed by atoms with Gasteiger partial charge in [0.15, 0.2) is 0 Å². The van der Waals surface area contributed by atoms with Crippen LogP contribution in [0.15, 0.2) is 24.3 Å². The highest BCUT2D eigenvalue weighted by molar-refractivity contribution is 5.92. The summed E-state index contributed by atoms with van der Waals surface area (Å²) in [7, 11) is 1.50. The van der Waals surface area contributed by atoms with Gasteiger partial charge in [0.1, 0.15) is 23.4 Å². The largest absolute Gasteiger partial charge is 0.508 e. The first-order valence-corrected chi connectivity index (χ1v) is 11.2.